The van der Waals surface area contributed by atoms with Gasteiger partial charge in [-0.15, -0.1) is 0 Å². The van der Waals surface area contributed by atoms with Crippen molar-refractivity contribution in [1.82, 2.24) is 5.32 Å². The lowest BCUT2D eigenvalue weighted by molar-refractivity contribution is 0.554. The zero-order valence-electron chi connectivity index (χ0n) is 15.2. The second-order valence-electron chi connectivity index (χ2n) is 5.43. The van der Waals surface area contributed by atoms with Crippen LogP contribution in [0.5, 0.6) is 0 Å². The first-order chi connectivity index (χ1) is 11.2. The molecule has 0 heterocycles. The maximum absolute atomic E-state index is 6.99. The van der Waals surface area contributed by atoms with Crippen LogP contribution in [0.25, 0.3) is 0 Å². The van der Waals surface area contributed by atoms with Crippen molar-refractivity contribution in [3.8, 4) is 0 Å². The van der Waals surface area contributed by atoms with Gasteiger partial charge in [-0.25, -0.2) is 0 Å². The molecule has 0 aliphatic heterocycles. The van der Waals surface area contributed by atoms with Crippen molar-refractivity contribution in [2.75, 3.05) is 6.54 Å². The summed E-state index contributed by atoms with van der Waals surface area (Å²) in [5.74, 6) is -0.573. The number of rotatable bonds is 11. The van der Waals surface area contributed by atoms with Gasteiger partial charge in [0, 0.05) is 6.54 Å². The molecule has 0 saturated carbocycles. The maximum Gasteiger partial charge on any atom is 0.185 e. The standard InChI is InChI=1S/C13H29N3.2CH5N3/c1-2-3-4-5-6-7-8-9-10-11-12-16-13(14)15;2*2-1(3)4/h2-12H2,1H3,(H4,14,15,16);2*(H5,2,3,4). The molecule has 14 N–H and O–H groups in total. The van der Waals surface area contributed by atoms with E-state index in [-0.39, 0.29) is 17.9 Å². The molecule has 0 atom stereocenters. The van der Waals surface area contributed by atoms with Crippen molar-refractivity contribution < 1.29 is 0 Å². The molecule has 0 amide bonds. The van der Waals surface area contributed by atoms with Crippen LogP contribution >= 0.6 is 0 Å². The average molecular weight is 346 g/mol. The number of nitrogens with one attached hydrogen (secondary N) is 4. The third-order valence-electron chi connectivity index (χ3n) is 2.85. The molecule has 0 saturated heterocycles. The van der Waals surface area contributed by atoms with Crippen molar-refractivity contribution in [3.05, 3.63) is 0 Å². The van der Waals surface area contributed by atoms with Gasteiger partial charge in [0.25, 0.3) is 0 Å². The van der Waals surface area contributed by atoms with Crippen molar-refractivity contribution >= 4 is 17.9 Å². The Morgan fingerprint density at radius 3 is 1.21 bits per heavy atom. The molecule has 0 rings (SSSR count). The van der Waals surface area contributed by atoms with E-state index in [1.165, 1.54) is 57.8 Å². The third-order valence-corrected chi connectivity index (χ3v) is 2.85. The van der Waals surface area contributed by atoms with Crippen LogP contribution < -0.4 is 34.0 Å². The molecule has 144 valence electrons. The van der Waals surface area contributed by atoms with E-state index in [9.17, 15) is 0 Å². The summed E-state index contributed by atoms with van der Waals surface area (Å²) < 4.78 is 0. The van der Waals surface area contributed by atoms with E-state index < -0.39 is 0 Å². The summed E-state index contributed by atoms with van der Waals surface area (Å²) in [5.41, 5.74) is 23.1. The Balaban J connectivity index is -0.000000457. The fourth-order valence-electron chi connectivity index (χ4n) is 1.84. The first-order valence-corrected chi connectivity index (χ1v) is 8.50. The molecule has 0 bridgehead atoms. The monoisotopic (exact) mass is 345 g/mol. The quantitative estimate of drug-likeness (QED) is 0.151. The van der Waals surface area contributed by atoms with Gasteiger partial charge in [-0.3, -0.25) is 16.2 Å². The molecule has 0 aromatic heterocycles. The van der Waals surface area contributed by atoms with E-state index in [1.807, 2.05) is 0 Å². The van der Waals surface area contributed by atoms with Crippen LogP contribution in [0.15, 0.2) is 0 Å². The summed E-state index contributed by atoms with van der Waals surface area (Å²) >= 11 is 0. The zero-order chi connectivity index (χ0) is 19.2. The average Bonchev–Trinajstić information content (AvgIpc) is 2.43. The van der Waals surface area contributed by atoms with Gasteiger partial charge in [-0.2, -0.15) is 0 Å². The van der Waals surface area contributed by atoms with Crippen LogP contribution in [0.4, 0.5) is 0 Å². The molecule has 9 nitrogen and oxygen atoms in total. The van der Waals surface area contributed by atoms with Gasteiger partial charge in [0.05, 0.1) is 0 Å². The second kappa shape index (κ2) is 23.1. The van der Waals surface area contributed by atoms with Gasteiger partial charge in [0.15, 0.2) is 17.9 Å². The Bertz CT molecular complexity index is 285. The van der Waals surface area contributed by atoms with E-state index in [4.69, 9.17) is 22.0 Å². The minimum Gasteiger partial charge on any atom is -0.370 e. The lowest BCUT2D eigenvalue weighted by atomic mass is 10.1. The predicted molar refractivity (Wildman–Crippen MR) is 104 cm³/mol. The first kappa shape index (κ1) is 26.7. The highest BCUT2D eigenvalue weighted by molar-refractivity contribution is 5.74. The first-order valence-electron chi connectivity index (χ1n) is 8.50. The fraction of sp³-hybridized carbons (Fsp3) is 0.800. The Kier molecular flexibility index (Phi) is 25.7. The van der Waals surface area contributed by atoms with Gasteiger partial charge in [0.2, 0.25) is 0 Å². The van der Waals surface area contributed by atoms with Gasteiger partial charge in [0.1, 0.15) is 0 Å². The molecule has 0 aliphatic carbocycles. The Labute approximate surface area is 146 Å². The normalized spacial score (nSPS) is 8.88. The molecule has 0 aliphatic rings. The lowest BCUT2D eigenvalue weighted by Crippen LogP contribution is -2.30. The number of nitrogens with two attached hydrogens (primary N) is 5. The Morgan fingerprint density at radius 2 is 0.917 bits per heavy atom. The molecular weight excluding hydrogens is 306 g/mol. The van der Waals surface area contributed by atoms with Crippen LogP contribution in [0.2, 0.25) is 0 Å². The number of hydrogen-bond donors (Lipinski definition) is 9. The van der Waals surface area contributed by atoms with E-state index >= 15 is 0 Å². The molecule has 0 aromatic carbocycles. The molecule has 0 aromatic rings. The minimum absolute atomic E-state index is 0.0934. The van der Waals surface area contributed by atoms with E-state index in [0.29, 0.717) is 0 Å². The van der Waals surface area contributed by atoms with Crippen LogP contribution in [0.1, 0.15) is 71.1 Å². The molecule has 24 heavy (non-hydrogen) atoms. The largest absolute Gasteiger partial charge is 0.370 e. The Morgan fingerprint density at radius 1 is 0.625 bits per heavy atom. The highest BCUT2D eigenvalue weighted by Crippen LogP contribution is 2.10. The number of guanidine groups is 3. The summed E-state index contributed by atoms with van der Waals surface area (Å²) in [6.07, 6.45) is 13.5. The van der Waals surface area contributed by atoms with Crippen molar-refractivity contribution in [3.63, 3.8) is 0 Å². The number of unbranched alkanes of at least 4 members (excludes halogenated alkanes) is 9. The molecule has 0 unspecified atom stereocenters. The van der Waals surface area contributed by atoms with Crippen molar-refractivity contribution in [2.24, 2.45) is 28.7 Å². The van der Waals surface area contributed by atoms with Crippen LogP contribution in [0, 0.1) is 16.2 Å². The van der Waals surface area contributed by atoms with Crippen LogP contribution in [-0.4, -0.2) is 24.4 Å². The lowest BCUT2D eigenvalue weighted by Gasteiger charge is -2.03. The van der Waals surface area contributed by atoms with Crippen LogP contribution in [0.3, 0.4) is 0 Å². The van der Waals surface area contributed by atoms with Crippen molar-refractivity contribution in [2.45, 2.75) is 71.1 Å². The molecule has 0 radical (unpaired) electrons. The summed E-state index contributed by atoms with van der Waals surface area (Å²) in [7, 11) is 0. The van der Waals surface area contributed by atoms with E-state index in [0.717, 1.165) is 13.0 Å². The summed E-state index contributed by atoms with van der Waals surface area (Å²) in [4.78, 5) is 0. The number of hydrogen-bond acceptors (Lipinski definition) is 3. The molecule has 0 fully saturated rings. The zero-order valence-corrected chi connectivity index (χ0v) is 15.2. The highest BCUT2D eigenvalue weighted by Gasteiger charge is 1.92. The summed E-state index contributed by atoms with van der Waals surface area (Å²) in [6.45, 7) is 3.11. The summed E-state index contributed by atoms with van der Waals surface area (Å²) in [6, 6.07) is 0. The second-order valence-corrected chi connectivity index (χ2v) is 5.43. The molecule has 9 heteroatoms. The van der Waals surface area contributed by atoms with Gasteiger partial charge in [-0.1, -0.05) is 64.7 Å². The molecular formula is C15H39N9. The van der Waals surface area contributed by atoms with E-state index in [1.54, 1.807) is 0 Å². The van der Waals surface area contributed by atoms with Gasteiger partial charge < -0.3 is 34.0 Å². The topological polar surface area (TPSA) is 214 Å². The van der Waals surface area contributed by atoms with Crippen LogP contribution in [-0.2, 0) is 0 Å². The van der Waals surface area contributed by atoms with Gasteiger partial charge >= 0.3 is 0 Å². The van der Waals surface area contributed by atoms with Crippen molar-refractivity contribution in [1.29, 1.82) is 16.2 Å². The predicted octanol–water partition coefficient (Wildman–Crippen LogP) is 1.07. The minimum atomic E-state index is -0.333. The Hall–Kier alpha value is -2.19. The SMILES string of the molecule is CCCCCCCCCCCCNC(=N)N.N=C(N)N.N=C(N)N. The fourth-order valence-corrected chi connectivity index (χ4v) is 1.84. The highest BCUT2D eigenvalue weighted by atomic mass is 15.0. The van der Waals surface area contributed by atoms with E-state index in [2.05, 4.69) is 35.2 Å². The third kappa shape index (κ3) is 60.0. The summed E-state index contributed by atoms with van der Waals surface area (Å²) in [5, 5.41) is 21.9. The van der Waals surface area contributed by atoms with Gasteiger partial charge in [-0.05, 0) is 6.42 Å². The smallest absolute Gasteiger partial charge is 0.185 e. The molecule has 0 spiro atoms. The maximum atomic E-state index is 6.99.